The maximum atomic E-state index is 13.9. The van der Waals surface area contributed by atoms with Gasteiger partial charge in [0.25, 0.3) is 0 Å². The number of halogens is 2. The maximum absolute atomic E-state index is 13.9. The van der Waals surface area contributed by atoms with Gasteiger partial charge in [0.15, 0.2) is 6.23 Å². The van der Waals surface area contributed by atoms with Crippen LogP contribution in [0.3, 0.4) is 0 Å². The van der Waals surface area contributed by atoms with E-state index < -0.39 is 41.5 Å². The molecule has 0 radical (unpaired) electrons. The van der Waals surface area contributed by atoms with Crippen molar-refractivity contribution in [3.05, 3.63) is 71.3 Å². The summed E-state index contributed by atoms with van der Waals surface area (Å²) in [5, 5.41) is 13.0. The molecule has 0 bridgehead atoms. The Morgan fingerprint density at radius 2 is 1.76 bits per heavy atom. The Bertz CT molecular complexity index is 1010. The Balaban J connectivity index is 1.64. The number of hydrogen-bond acceptors (Lipinski definition) is 5. The molecule has 3 atom stereocenters. The zero-order chi connectivity index (χ0) is 24.3. The summed E-state index contributed by atoms with van der Waals surface area (Å²) in [5.74, 6) is -2.63. The second-order valence-corrected chi connectivity index (χ2v) is 8.79. The minimum absolute atomic E-state index is 0.141. The lowest BCUT2D eigenvalue weighted by atomic mass is 9.89. The molecule has 2 aromatic carbocycles. The van der Waals surface area contributed by atoms with E-state index >= 15 is 0 Å². The summed E-state index contributed by atoms with van der Waals surface area (Å²) in [4.78, 5) is 26.4. The summed E-state index contributed by atoms with van der Waals surface area (Å²) < 4.78 is 39.4. The Morgan fingerprint density at radius 3 is 2.35 bits per heavy atom. The number of hydrogen-bond donors (Lipinski definition) is 2. The number of aliphatic carboxylic acids is 1. The van der Waals surface area contributed by atoms with Crippen molar-refractivity contribution in [3.8, 4) is 0 Å². The molecule has 0 aliphatic carbocycles. The monoisotopic (exact) mass is 474 g/mol. The molecule has 1 amide bonds. The zero-order valence-electron chi connectivity index (χ0n) is 18.9. The van der Waals surface area contributed by atoms with Crippen LogP contribution in [0.15, 0.2) is 48.5 Å². The molecule has 2 N–H and O–H groups in total. The van der Waals surface area contributed by atoms with Gasteiger partial charge in [0.05, 0.1) is 12.1 Å². The van der Waals surface area contributed by atoms with Gasteiger partial charge in [-0.05, 0) is 37.0 Å². The van der Waals surface area contributed by atoms with Gasteiger partial charge in [-0.1, -0.05) is 30.3 Å². The van der Waals surface area contributed by atoms with Crippen molar-refractivity contribution in [2.45, 2.75) is 50.1 Å². The molecule has 182 valence electrons. The molecule has 2 heterocycles. The van der Waals surface area contributed by atoms with Crippen LogP contribution < -0.4 is 5.32 Å². The molecule has 7 nitrogen and oxygen atoms in total. The van der Waals surface area contributed by atoms with Gasteiger partial charge in [-0.25, -0.2) is 8.78 Å². The third-order valence-corrected chi connectivity index (χ3v) is 6.56. The molecule has 0 spiro atoms. The third kappa shape index (κ3) is 5.11. The highest BCUT2D eigenvalue weighted by Gasteiger charge is 2.47. The van der Waals surface area contributed by atoms with E-state index in [1.807, 2.05) is 30.3 Å². The highest BCUT2D eigenvalue weighted by atomic mass is 19.1. The largest absolute Gasteiger partial charge is 0.480 e. The second-order valence-electron chi connectivity index (χ2n) is 8.79. The molecule has 0 saturated carbocycles. The number of nitrogens with zero attached hydrogens (tertiary/aromatic N) is 1. The lowest BCUT2D eigenvalue weighted by Crippen LogP contribution is -2.58. The maximum Gasteiger partial charge on any atom is 0.324 e. The van der Waals surface area contributed by atoms with Crippen molar-refractivity contribution < 1.29 is 33.0 Å². The second kappa shape index (κ2) is 10.2. The smallest absolute Gasteiger partial charge is 0.324 e. The molecule has 2 saturated heterocycles. The van der Waals surface area contributed by atoms with Crippen LogP contribution in [0.1, 0.15) is 37.1 Å². The van der Waals surface area contributed by atoms with E-state index in [1.165, 1.54) is 19.1 Å². The number of amides is 1. The number of benzene rings is 2. The molecule has 2 aliphatic rings. The number of carboxylic acids is 1. The van der Waals surface area contributed by atoms with Crippen LogP contribution in [0.5, 0.6) is 0 Å². The average Bonchev–Trinajstić information content (AvgIpc) is 3.16. The predicted octanol–water partition coefficient (Wildman–Crippen LogP) is 3.05. The summed E-state index contributed by atoms with van der Waals surface area (Å²) >= 11 is 0. The van der Waals surface area contributed by atoms with E-state index in [0.717, 1.165) is 11.6 Å². The topological polar surface area (TPSA) is 88.1 Å². The van der Waals surface area contributed by atoms with Crippen LogP contribution in [-0.2, 0) is 25.5 Å². The van der Waals surface area contributed by atoms with Crippen molar-refractivity contribution >= 4 is 11.9 Å². The van der Waals surface area contributed by atoms with Crippen LogP contribution in [0.2, 0.25) is 0 Å². The first-order valence-electron chi connectivity index (χ1n) is 11.3. The van der Waals surface area contributed by atoms with Gasteiger partial charge >= 0.3 is 5.97 Å². The quantitative estimate of drug-likeness (QED) is 0.642. The summed E-state index contributed by atoms with van der Waals surface area (Å²) in [7, 11) is 0. The molecule has 2 aliphatic heterocycles. The normalized spacial score (nSPS) is 24.2. The van der Waals surface area contributed by atoms with E-state index in [0.29, 0.717) is 31.6 Å². The van der Waals surface area contributed by atoms with E-state index in [-0.39, 0.29) is 18.9 Å². The summed E-state index contributed by atoms with van der Waals surface area (Å²) in [6, 6.07) is 11.9. The van der Waals surface area contributed by atoms with Crippen molar-refractivity contribution in [1.29, 1.82) is 0 Å². The van der Waals surface area contributed by atoms with Gasteiger partial charge in [-0.3, -0.25) is 14.9 Å². The number of ether oxygens (including phenoxy) is 2. The minimum atomic E-state index is -1.16. The number of rotatable bonds is 7. The average molecular weight is 475 g/mol. The fourth-order valence-electron chi connectivity index (χ4n) is 4.80. The summed E-state index contributed by atoms with van der Waals surface area (Å²) in [6.07, 6.45) is -0.572. The van der Waals surface area contributed by atoms with Crippen LogP contribution in [0, 0.1) is 11.6 Å². The van der Waals surface area contributed by atoms with Gasteiger partial charge in [-0.2, -0.15) is 0 Å². The fraction of sp³-hybridized carbons (Fsp3) is 0.440. The van der Waals surface area contributed by atoms with Crippen molar-refractivity contribution in [2.75, 3.05) is 19.8 Å². The molecular weight excluding hydrogens is 446 g/mol. The lowest BCUT2D eigenvalue weighted by Gasteiger charge is -2.35. The number of carboxylic acid groups (broad SMARTS) is 1. The zero-order valence-corrected chi connectivity index (χ0v) is 18.9. The molecule has 2 fully saturated rings. The van der Waals surface area contributed by atoms with Gasteiger partial charge in [0, 0.05) is 38.3 Å². The number of carbonyl (C=O) groups is 2. The third-order valence-electron chi connectivity index (χ3n) is 6.56. The summed E-state index contributed by atoms with van der Waals surface area (Å²) in [5.41, 5.74) is -0.0204. The van der Waals surface area contributed by atoms with Crippen LogP contribution >= 0.6 is 0 Å². The first-order chi connectivity index (χ1) is 16.3. The first kappa shape index (κ1) is 24.3. The number of nitrogens with one attached hydrogen (secondary N) is 1. The molecule has 4 rings (SSSR count). The molecular formula is C25H28F2N2O5. The van der Waals surface area contributed by atoms with Crippen molar-refractivity contribution in [2.24, 2.45) is 0 Å². The summed E-state index contributed by atoms with van der Waals surface area (Å²) in [6.45, 7) is 2.21. The van der Waals surface area contributed by atoms with Gasteiger partial charge in [-0.15, -0.1) is 0 Å². The fourth-order valence-corrected chi connectivity index (χ4v) is 4.80. The molecule has 3 unspecified atom stereocenters. The van der Waals surface area contributed by atoms with E-state index in [4.69, 9.17) is 9.47 Å². The highest BCUT2D eigenvalue weighted by Crippen LogP contribution is 2.37. The molecule has 9 heteroatoms. The minimum Gasteiger partial charge on any atom is -0.480 e. The van der Waals surface area contributed by atoms with Crippen molar-refractivity contribution in [1.82, 2.24) is 10.2 Å². The van der Waals surface area contributed by atoms with Crippen molar-refractivity contribution in [3.63, 3.8) is 0 Å². The first-order valence-corrected chi connectivity index (χ1v) is 11.3. The molecule has 0 aromatic heterocycles. The van der Waals surface area contributed by atoms with Gasteiger partial charge in [0.1, 0.15) is 17.2 Å². The SMILES string of the molecule is CC(=O)N1C(c2ccccc2)OC(CNC2(C(=O)O)CCOCC2)C1Cc1cc(F)cc(F)c1. The van der Waals surface area contributed by atoms with E-state index in [2.05, 4.69) is 5.32 Å². The highest BCUT2D eigenvalue weighted by molar-refractivity contribution is 5.79. The van der Waals surface area contributed by atoms with Crippen LogP contribution in [-0.4, -0.2) is 59.3 Å². The van der Waals surface area contributed by atoms with Gasteiger partial charge < -0.3 is 19.5 Å². The van der Waals surface area contributed by atoms with E-state index in [1.54, 1.807) is 4.90 Å². The molecule has 2 aromatic rings. The standard InChI is InChI=1S/C25H28F2N2O5/c1-16(30)29-21(13-17-11-19(26)14-20(27)12-17)22(34-23(29)18-5-3-2-4-6-18)15-28-25(24(31)32)7-9-33-10-8-25/h2-6,11-12,14,21-23,28H,7-10,13,15H2,1H3,(H,31,32). The van der Waals surface area contributed by atoms with Crippen LogP contribution in [0.4, 0.5) is 8.78 Å². The Hall–Kier alpha value is -2.88. The lowest BCUT2D eigenvalue weighted by molar-refractivity contribution is -0.149. The Morgan fingerprint density at radius 1 is 1.12 bits per heavy atom. The Kier molecular flexibility index (Phi) is 7.25. The van der Waals surface area contributed by atoms with Crippen LogP contribution in [0.25, 0.3) is 0 Å². The number of carbonyl (C=O) groups excluding carboxylic acids is 1. The predicted molar refractivity (Wildman–Crippen MR) is 119 cm³/mol. The van der Waals surface area contributed by atoms with Gasteiger partial charge in [0.2, 0.25) is 5.91 Å². The van der Waals surface area contributed by atoms with E-state index in [9.17, 15) is 23.5 Å². The molecule has 34 heavy (non-hydrogen) atoms. The Labute approximate surface area is 196 Å².